The second-order valence-corrected chi connectivity index (χ2v) is 9.38. The van der Waals surface area contributed by atoms with Crippen molar-refractivity contribution in [3.63, 3.8) is 0 Å². The monoisotopic (exact) mass is 599 g/mol. The average molecular weight is 601 g/mol. The number of aromatic nitrogens is 3. The molecule has 0 radical (unpaired) electrons. The summed E-state index contributed by atoms with van der Waals surface area (Å²) in [6, 6.07) is 13.4. The SMILES string of the molecule is CCCCc1nc2ccc(Br)cc2c(=O)n1N=Cc1cc(Br)ccc1Oc1ccc([N+](=O)[O-])cn1. The maximum atomic E-state index is 13.3. The first-order valence-corrected chi connectivity index (χ1v) is 12.3. The van der Waals surface area contributed by atoms with Crippen LogP contribution in [-0.2, 0) is 6.42 Å². The van der Waals surface area contributed by atoms with Gasteiger partial charge in [-0.25, -0.2) is 9.97 Å². The minimum absolute atomic E-state index is 0.135. The van der Waals surface area contributed by atoms with Crippen molar-refractivity contribution in [1.29, 1.82) is 0 Å². The lowest BCUT2D eigenvalue weighted by atomic mass is 10.2. The first-order chi connectivity index (χ1) is 16.9. The zero-order valence-electron chi connectivity index (χ0n) is 18.5. The number of pyridine rings is 1. The molecule has 0 aliphatic carbocycles. The molecule has 9 nitrogen and oxygen atoms in total. The fraction of sp³-hybridized carbons (Fsp3) is 0.167. The lowest BCUT2D eigenvalue weighted by Crippen LogP contribution is -2.22. The van der Waals surface area contributed by atoms with Crippen LogP contribution in [0.4, 0.5) is 5.69 Å². The quantitative estimate of drug-likeness (QED) is 0.134. The Bertz CT molecular complexity index is 1490. The molecule has 0 saturated heterocycles. The van der Waals surface area contributed by atoms with Gasteiger partial charge in [-0.15, -0.1) is 0 Å². The highest BCUT2D eigenvalue weighted by Gasteiger charge is 2.12. The predicted molar refractivity (Wildman–Crippen MR) is 140 cm³/mol. The number of ether oxygens (including phenoxy) is 1. The molecule has 0 spiro atoms. The van der Waals surface area contributed by atoms with Crippen molar-refractivity contribution in [2.45, 2.75) is 26.2 Å². The molecule has 2 aromatic carbocycles. The highest BCUT2D eigenvalue weighted by Crippen LogP contribution is 2.27. The molecule has 0 fully saturated rings. The third-order valence-corrected chi connectivity index (χ3v) is 6.05. The number of fused-ring (bicyclic) bond motifs is 1. The van der Waals surface area contributed by atoms with E-state index in [4.69, 9.17) is 4.74 Å². The molecule has 0 aliphatic rings. The van der Waals surface area contributed by atoms with E-state index in [1.54, 1.807) is 24.3 Å². The minimum Gasteiger partial charge on any atom is -0.438 e. The highest BCUT2D eigenvalue weighted by molar-refractivity contribution is 9.10. The molecule has 0 saturated carbocycles. The van der Waals surface area contributed by atoms with Crippen LogP contribution in [0, 0.1) is 10.1 Å². The maximum absolute atomic E-state index is 13.3. The third kappa shape index (κ3) is 5.80. The summed E-state index contributed by atoms with van der Waals surface area (Å²) in [5.41, 5.74) is 0.784. The molecule has 4 rings (SSSR count). The van der Waals surface area contributed by atoms with Crippen molar-refractivity contribution in [2.75, 3.05) is 0 Å². The summed E-state index contributed by atoms with van der Waals surface area (Å²) in [6.07, 6.45) is 5.06. The van der Waals surface area contributed by atoms with Crippen molar-refractivity contribution in [1.82, 2.24) is 14.6 Å². The molecule has 178 valence electrons. The highest BCUT2D eigenvalue weighted by atomic mass is 79.9. The second kappa shape index (κ2) is 10.9. The van der Waals surface area contributed by atoms with Crippen molar-refractivity contribution in [3.8, 4) is 11.6 Å². The number of unbranched alkanes of at least 4 members (excludes halogenated alkanes) is 1. The Balaban J connectivity index is 1.74. The Morgan fingerprint density at radius 1 is 1.14 bits per heavy atom. The zero-order valence-corrected chi connectivity index (χ0v) is 21.7. The van der Waals surface area contributed by atoms with Gasteiger partial charge in [0.05, 0.1) is 22.0 Å². The van der Waals surface area contributed by atoms with Gasteiger partial charge in [0, 0.05) is 33.1 Å². The summed E-state index contributed by atoms with van der Waals surface area (Å²) in [5.74, 6) is 1.17. The number of hydrogen-bond acceptors (Lipinski definition) is 7. The van der Waals surface area contributed by atoms with Crippen molar-refractivity contribution in [2.24, 2.45) is 5.10 Å². The summed E-state index contributed by atoms with van der Waals surface area (Å²) in [5, 5.41) is 15.8. The van der Waals surface area contributed by atoms with Gasteiger partial charge >= 0.3 is 0 Å². The van der Waals surface area contributed by atoms with Crippen LogP contribution in [0.1, 0.15) is 31.2 Å². The number of nitrogens with zero attached hydrogens (tertiary/aromatic N) is 5. The first kappa shape index (κ1) is 24.7. The number of aryl methyl sites for hydroxylation is 1. The molecular formula is C24H19Br2N5O4. The zero-order chi connectivity index (χ0) is 24.9. The normalized spacial score (nSPS) is 11.3. The number of nitro groups is 1. The predicted octanol–water partition coefficient (Wildman–Crippen LogP) is 6.24. The van der Waals surface area contributed by atoms with Gasteiger partial charge < -0.3 is 4.74 Å². The number of halogens is 2. The molecule has 0 unspecified atom stereocenters. The van der Waals surface area contributed by atoms with E-state index in [0.29, 0.717) is 34.5 Å². The Hall–Kier alpha value is -3.44. The fourth-order valence-electron chi connectivity index (χ4n) is 3.30. The van der Waals surface area contributed by atoms with Gasteiger partial charge in [0.1, 0.15) is 17.8 Å². The molecule has 2 heterocycles. The van der Waals surface area contributed by atoms with Crippen LogP contribution < -0.4 is 10.3 Å². The molecule has 4 aromatic rings. The van der Waals surface area contributed by atoms with Crippen molar-refractivity contribution in [3.05, 3.63) is 95.5 Å². The summed E-state index contributed by atoms with van der Waals surface area (Å²) in [6.45, 7) is 2.07. The molecular weight excluding hydrogens is 582 g/mol. The van der Waals surface area contributed by atoms with Crippen LogP contribution in [0.2, 0.25) is 0 Å². The van der Waals surface area contributed by atoms with Gasteiger partial charge in [-0.1, -0.05) is 45.2 Å². The van der Waals surface area contributed by atoms with E-state index in [1.165, 1.54) is 23.0 Å². The summed E-state index contributed by atoms with van der Waals surface area (Å²) in [7, 11) is 0. The van der Waals surface area contributed by atoms with Gasteiger partial charge in [0.2, 0.25) is 5.88 Å². The Kier molecular flexibility index (Phi) is 7.67. The fourth-order valence-corrected chi connectivity index (χ4v) is 4.04. The number of hydrogen-bond donors (Lipinski definition) is 0. The molecule has 2 aromatic heterocycles. The topological polar surface area (TPSA) is 113 Å². The standard InChI is InChI=1S/C24H19Br2N5O4/c1-2-3-4-22-29-20-8-5-17(26)12-19(20)24(32)30(22)28-13-15-11-16(25)6-9-21(15)35-23-10-7-18(14-27-23)31(33)34/h5-14H,2-4H2,1H3. The summed E-state index contributed by atoms with van der Waals surface area (Å²) < 4.78 is 8.72. The van der Waals surface area contributed by atoms with Crippen LogP contribution in [0.15, 0.2) is 73.6 Å². The molecule has 11 heteroatoms. The molecule has 35 heavy (non-hydrogen) atoms. The van der Waals surface area contributed by atoms with Gasteiger partial charge in [-0.3, -0.25) is 14.9 Å². The van der Waals surface area contributed by atoms with Crippen LogP contribution in [0.25, 0.3) is 10.9 Å². The Morgan fingerprint density at radius 2 is 1.91 bits per heavy atom. The Labute approximate surface area is 216 Å². The second-order valence-electron chi connectivity index (χ2n) is 7.55. The summed E-state index contributed by atoms with van der Waals surface area (Å²) in [4.78, 5) is 32.3. The maximum Gasteiger partial charge on any atom is 0.287 e. The van der Waals surface area contributed by atoms with Crippen molar-refractivity contribution < 1.29 is 9.66 Å². The van der Waals surface area contributed by atoms with Crippen LogP contribution in [-0.4, -0.2) is 25.8 Å². The van der Waals surface area contributed by atoms with E-state index in [2.05, 4.69) is 53.9 Å². The Morgan fingerprint density at radius 3 is 2.63 bits per heavy atom. The van der Waals surface area contributed by atoms with Gasteiger partial charge in [-0.05, 0) is 42.8 Å². The van der Waals surface area contributed by atoms with Crippen LogP contribution in [0.3, 0.4) is 0 Å². The number of benzene rings is 2. The van der Waals surface area contributed by atoms with Gasteiger partial charge in [0.15, 0.2) is 0 Å². The van der Waals surface area contributed by atoms with Crippen LogP contribution in [0.5, 0.6) is 11.6 Å². The third-order valence-electron chi connectivity index (χ3n) is 5.06. The largest absolute Gasteiger partial charge is 0.438 e. The van der Waals surface area contributed by atoms with E-state index >= 15 is 0 Å². The average Bonchev–Trinajstić information content (AvgIpc) is 2.84. The lowest BCUT2D eigenvalue weighted by molar-refractivity contribution is -0.385. The first-order valence-electron chi connectivity index (χ1n) is 10.7. The molecule has 0 N–H and O–H groups in total. The van der Waals surface area contributed by atoms with E-state index in [-0.39, 0.29) is 17.1 Å². The van der Waals surface area contributed by atoms with E-state index < -0.39 is 4.92 Å². The smallest absolute Gasteiger partial charge is 0.287 e. The van der Waals surface area contributed by atoms with Gasteiger partial charge in [-0.2, -0.15) is 9.78 Å². The molecule has 0 aliphatic heterocycles. The van der Waals surface area contributed by atoms with Crippen molar-refractivity contribution >= 4 is 54.7 Å². The minimum atomic E-state index is -0.529. The van der Waals surface area contributed by atoms with Gasteiger partial charge in [0.25, 0.3) is 11.2 Å². The lowest BCUT2D eigenvalue weighted by Gasteiger charge is -2.10. The number of rotatable bonds is 8. The van der Waals surface area contributed by atoms with E-state index in [0.717, 1.165) is 28.0 Å². The summed E-state index contributed by atoms with van der Waals surface area (Å²) >= 11 is 6.85. The molecule has 0 atom stereocenters. The van der Waals surface area contributed by atoms with E-state index in [1.807, 2.05) is 12.1 Å². The molecule has 0 bridgehead atoms. The van der Waals surface area contributed by atoms with E-state index in [9.17, 15) is 14.9 Å². The molecule has 0 amide bonds. The van der Waals surface area contributed by atoms with Crippen LogP contribution >= 0.6 is 31.9 Å².